The number of piperazine rings is 1. The summed E-state index contributed by atoms with van der Waals surface area (Å²) in [5.74, 6) is -0.949. The molecule has 1 aromatic carbocycles. The van der Waals surface area contributed by atoms with E-state index in [0.29, 0.717) is 43.9 Å². The van der Waals surface area contributed by atoms with Crippen molar-refractivity contribution in [2.45, 2.75) is 39.5 Å². The number of carbonyl (C=O) groups excluding carboxylic acids is 3. The number of methoxy groups -OCH3 is 1. The van der Waals surface area contributed by atoms with E-state index in [1.54, 1.807) is 0 Å². The van der Waals surface area contributed by atoms with Gasteiger partial charge < -0.3 is 19.7 Å². The number of allylic oxidation sites excluding steroid dienone is 2. The molecular formula is C24H28N2O5. The molecule has 2 aliphatic heterocycles. The Morgan fingerprint density at radius 2 is 2.03 bits per heavy atom. The first-order valence-electron chi connectivity index (χ1n) is 10.6. The maximum absolute atomic E-state index is 13.5. The number of ketones is 1. The molecule has 0 aromatic heterocycles. The van der Waals surface area contributed by atoms with Crippen molar-refractivity contribution in [2.75, 3.05) is 26.8 Å². The second-order valence-corrected chi connectivity index (χ2v) is 8.90. The lowest BCUT2D eigenvalue weighted by molar-refractivity contribution is -0.137. The van der Waals surface area contributed by atoms with Crippen molar-refractivity contribution in [1.82, 2.24) is 10.2 Å². The van der Waals surface area contributed by atoms with Gasteiger partial charge in [-0.15, -0.1) is 0 Å². The van der Waals surface area contributed by atoms with Crippen LogP contribution in [-0.2, 0) is 19.1 Å². The third-order valence-electron chi connectivity index (χ3n) is 6.07. The summed E-state index contributed by atoms with van der Waals surface area (Å²) in [6.07, 6.45) is 1.04. The zero-order valence-electron chi connectivity index (χ0n) is 18.4. The smallest absolute Gasteiger partial charge is 0.337 e. The van der Waals surface area contributed by atoms with Crippen LogP contribution in [0, 0.1) is 5.41 Å². The number of carbonyl (C=O) groups is 3. The Morgan fingerprint density at radius 1 is 1.26 bits per heavy atom. The Bertz CT molecular complexity index is 1020. The second-order valence-electron chi connectivity index (χ2n) is 8.90. The summed E-state index contributed by atoms with van der Waals surface area (Å²) in [6.45, 7) is 7.47. The molecule has 1 fully saturated rings. The van der Waals surface area contributed by atoms with Crippen LogP contribution >= 0.6 is 0 Å². The van der Waals surface area contributed by atoms with Crippen molar-refractivity contribution in [3.63, 3.8) is 0 Å². The number of Topliss-reactive ketones (excluding diaryl/α,β-unsaturated/α-hetero) is 1. The molecule has 4 rings (SSSR count). The number of fused-ring (bicyclic) bond motifs is 2. The number of nitrogens with one attached hydrogen (secondary N) is 1. The average Bonchev–Trinajstić information content (AvgIpc) is 2.72. The molecule has 0 spiro atoms. The molecule has 164 valence electrons. The van der Waals surface area contributed by atoms with Gasteiger partial charge in [0.2, 0.25) is 0 Å². The molecule has 7 nitrogen and oxygen atoms in total. The molecule has 1 N–H and O–H groups in total. The molecule has 0 unspecified atom stereocenters. The summed E-state index contributed by atoms with van der Waals surface area (Å²) in [4.78, 5) is 41.3. The highest BCUT2D eigenvalue weighted by Crippen LogP contribution is 2.50. The van der Waals surface area contributed by atoms with E-state index in [9.17, 15) is 14.4 Å². The summed E-state index contributed by atoms with van der Waals surface area (Å²) >= 11 is 0. The van der Waals surface area contributed by atoms with E-state index < -0.39 is 11.9 Å². The second kappa shape index (κ2) is 7.87. The number of amides is 1. The van der Waals surface area contributed by atoms with Crippen LogP contribution < -0.4 is 10.1 Å². The van der Waals surface area contributed by atoms with E-state index in [4.69, 9.17) is 9.47 Å². The van der Waals surface area contributed by atoms with Crippen molar-refractivity contribution in [3.05, 3.63) is 52.4 Å². The molecule has 1 aliphatic carbocycles. The van der Waals surface area contributed by atoms with Gasteiger partial charge in [0.25, 0.3) is 5.91 Å². The Labute approximate surface area is 182 Å². The van der Waals surface area contributed by atoms with E-state index in [-0.39, 0.29) is 28.4 Å². The normalized spacial score (nSPS) is 22.6. The minimum atomic E-state index is -0.679. The van der Waals surface area contributed by atoms with Crippen molar-refractivity contribution < 1.29 is 23.9 Å². The van der Waals surface area contributed by atoms with Crippen LogP contribution in [0.25, 0.3) is 0 Å². The fourth-order valence-electron chi connectivity index (χ4n) is 4.90. The highest BCUT2D eigenvalue weighted by atomic mass is 16.5. The van der Waals surface area contributed by atoms with E-state index in [0.717, 1.165) is 11.3 Å². The van der Waals surface area contributed by atoms with E-state index in [2.05, 4.69) is 19.2 Å². The van der Waals surface area contributed by atoms with Crippen LogP contribution in [-0.4, -0.2) is 49.4 Å². The predicted octanol–water partition coefficient (Wildman–Crippen LogP) is 2.68. The number of ether oxygens (including phenoxy) is 2. The summed E-state index contributed by atoms with van der Waals surface area (Å²) in [5.41, 5.74) is 2.43. The van der Waals surface area contributed by atoms with Crippen LogP contribution in [0.1, 0.15) is 45.1 Å². The number of hydrogen-bond donors (Lipinski definition) is 1. The van der Waals surface area contributed by atoms with Gasteiger partial charge in [0.1, 0.15) is 11.4 Å². The number of benzene rings is 1. The topological polar surface area (TPSA) is 84.9 Å². The number of hydrogen-bond acceptors (Lipinski definition) is 6. The van der Waals surface area contributed by atoms with Crippen LogP contribution in [0.5, 0.6) is 5.75 Å². The summed E-state index contributed by atoms with van der Waals surface area (Å²) in [7, 11) is 1.30. The molecule has 0 radical (unpaired) electrons. The first-order valence-corrected chi connectivity index (χ1v) is 10.6. The van der Waals surface area contributed by atoms with Gasteiger partial charge in [0.05, 0.1) is 19.3 Å². The Kier molecular flexibility index (Phi) is 5.37. The monoisotopic (exact) mass is 424 g/mol. The highest BCUT2D eigenvalue weighted by Gasteiger charge is 2.48. The van der Waals surface area contributed by atoms with E-state index in [1.165, 1.54) is 7.11 Å². The Morgan fingerprint density at radius 3 is 2.74 bits per heavy atom. The molecular weight excluding hydrogens is 396 g/mol. The van der Waals surface area contributed by atoms with Gasteiger partial charge in [-0.05, 0) is 36.5 Å². The first-order chi connectivity index (χ1) is 14.8. The van der Waals surface area contributed by atoms with Gasteiger partial charge in [-0.2, -0.15) is 0 Å². The molecule has 1 atom stereocenters. The van der Waals surface area contributed by atoms with Gasteiger partial charge in [-0.3, -0.25) is 9.59 Å². The third kappa shape index (κ3) is 3.62. The van der Waals surface area contributed by atoms with Gasteiger partial charge in [0.15, 0.2) is 5.78 Å². The minimum absolute atomic E-state index is 0.00416. The molecule has 1 amide bonds. The van der Waals surface area contributed by atoms with Gasteiger partial charge in [-0.25, -0.2) is 4.79 Å². The number of rotatable bonds is 4. The molecule has 1 saturated heterocycles. The first kappa shape index (κ1) is 21.2. The molecule has 3 aliphatic rings. The molecule has 0 saturated carbocycles. The zero-order valence-corrected chi connectivity index (χ0v) is 18.4. The zero-order chi connectivity index (χ0) is 22.3. The summed E-state index contributed by atoms with van der Waals surface area (Å²) in [5, 5.41) is 2.84. The van der Waals surface area contributed by atoms with Crippen LogP contribution in [0.4, 0.5) is 0 Å². The lowest BCUT2D eigenvalue weighted by Crippen LogP contribution is -2.51. The van der Waals surface area contributed by atoms with Crippen molar-refractivity contribution >= 4 is 17.7 Å². The molecule has 7 heteroatoms. The predicted molar refractivity (Wildman–Crippen MR) is 114 cm³/mol. The Hall–Kier alpha value is -3.09. The van der Waals surface area contributed by atoms with E-state index >= 15 is 0 Å². The Balaban J connectivity index is 1.99. The van der Waals surface area contributed by atoms with Gasteiger partial charge in [-0.1, -0.05) is 26.0 Å². The van der Waals surface area contributed by atoms with Crippen molar-refractivity contribution in [1.29, 1.82) is 0 Å². The summed E-state index contributed by atoms with van der Waals surface area (Å²) in [6, 6.07) is 7.38. The van der Waals surface area contributed by atoms with Crippen LogP contribution in [0.3, 0.4) is 0 Å². The quantitative estimate of drug-likeness (QED) is 0.748. The lowest BCUT2D eigenvalue weighted by atomic mass is 9.67. The van der Waals surface area contributed by atoms with E-state index in [1.807, 2.05) is 36.1 Å². The number of nitrogens with zero attached hydrogens (tertiary/aromatic N) is 1. The SMILES string of the molecule is CCOc1cccc([C@H]2C3=C(CC(C)(C)CC3=O)N3CCNC(=O)C3=C2C(=O)OC)c1. The van der Waals surface area contributed by atoms with Gasteiger partial charge in [0, 0.05) is 36.7 Å². The lowest BCUT2D eigenvalue weighted by Gasteiger charge is -2.46. The van der Waals surface area contributed by atoms with Gasteiger partial charge >= 0.3 is 5.97 Å². The third-order valence-corrected chi connectivity index (χ3v) is 6.07. The molecule has 1 aromatic rings. The van der Waals surface area contributed by atoms with Crippen molar-refractivity contribution in [2.24, 2.45) is 5.41 Å². The molecule has 2 heterocycles. The fourth-order valence-corrected chi connectivity index (χ4v) is 4.90. The maximum Gasteiger partial charge on any atom is 0.337 e. The highest BCUT2D eigenvalue weighted by molar-refractivity contribution is 6.09. The standard InChI is InChI=1S/C24H28N2O5/c1-5-31-15-8-6-7-14(11-15)18-19-16(12-24(2,3)13-17(19)27)26-10-9-25-22(28)21(26)20(18)23(29)30-4/h6-8,11,18H,5,9-10,12-13H2,1-4H3,(H,25,28)/t18-/m0/s1. The fraction of sp³-hybridized carbons (Fsp3) is 0.458. The molecule has 0 bridgehead atoms. The largest absolute Gasteiger partial charge is 0.494 e. The number of esters is 1. The molecule has 31 heavy (non-hydrogen) atoms. The minimum Gasteiger partial charge on any atom is -0.494 e. The van der Waals surface area contributed by atoms with Crippen LogP contribution in [0.2, 0.25) is 0 Å². The summed E-state index contributed by atoms with van der Waals surface area (Å²) < 4.78 is 10.8. The average molecular weight is 424 g/mol. The van der Waals surface area contributed by atoms with Crippen LogP contribution in [0.15, 0.2) is 46.8 Å². The maximum atomic E-state index is 13.5. The van der Waals surface area contributed by atoms with Crippen molar-refractivity contribution in [3.8, 4) is 5.75 Å².